The molecule has 1 atom stereocenters. The van der Waals surface area contributed by atoms with Crippen molar-refractivity contribution in [3.63, 3.8) is 0 Å². The van der Waals surface area contributed by atoms with Crippen LogP contribution in [-0.4, -0.2) is 43.1 Å². The van der Waals surface area contributed by atoms with E-state index in [1.54, 1.807) is 18.3 Å². The molecule has 1 saturated heterocycles. The summed E-state index contributed by atoms with van der Waals surface area (Å²) in [4.78, 5) is 16.1. The lowest BCUT2D eigenvalue weighted by atomic mass is 10.2. The van der Waals surface area contributed by atoms with Crippen LogP contribution >= 0.6 is 11.8 Å². The molecule has 0 radical (unpaired) electrons. The summed E-state index contributed by atoms with van der Waals surface area (Å²) in [6, 6.07) is 3.11. The maximum Gasteiger partial charge on any atom is 0.254 e. The molecule has 1 aliphatic rings. The highest BCUT2D eigenvalue weighted by Crippen LogP contribution is 2.18. The van der Waals surface area contributed by atoms with Crippen LogP contribution in [0.15, 0.2) is 23.4 Å². The van der Waals surface area contributed by atoms with E-state index in [-0.39, 0.29) is 23.5 Å². The third-order valence-corrected chi connectivity index (χ3v) is 5.26. The van der Waals surface area contributed by atoms with Gasteiger partial charge in [0, 0.05) is 12.2 Å². The monoisotopic (exact) mass is 286 g/mol. The minimum Gasteiger partial charge on any atom is -0.348 e. The van der Waals surface area contributed by atoms with E-state index in [9.17, 15) is 13.2 Å². The highest BCUT2D eigenvalue weighted by molar-refractivity contribution is 7.98. The molecule has 1 fully saturated rings. The number of nitrogens with one attached hydrogen (secondary N) is 1. The van der Waals surface area contributed by atoms with E-state index in [0.717, 1.165) is 0 Å². The zero-order valence-corrected chi connectivity index (χ0v) is 11.6. The number of pyridine rings is 1. The van der Waals surface area contributed by atoms with Crippen LogP contribution < -0.4 is 5.32 Å². The van der Waals surface area contributed by atoms with Crippen LogP contribution in [0.4, 0.5) is 0 Å². The lowest BCUT2D eigenvalue weighted by Crippen LogP contribution is -2.35. The van der Waals surface area contributed by atoms with E-state index in [4.69, 9.17) is 0 Å². The Hall–Kier alpha value is -1.08. The largest absolute Gasteiger partial charge is 0.348 e. The Balaban J connectivity index is 2.09. The molecule has 18 heavy (non-hydrogen) atoms. The number of carbonyl (C=O) groups is 1. The van der Waals surface area contributed by atoms with Gasteiger partial charge in [0.05, 0.1) is 17.1 Å². The number of sulfone groups is 1. The number of hydrogen-bond donors (Lipinski definition) is 1. The van der Waals surface area contributed by atoms with Crippen molar-refractivity contribution in [2.75, 3.05) is 17.8 Å². The van der Waals surface area contributed by atoms with Gasteiger partial charge >= 0.3 is 0 Å². The van der Waals surface area contributed by atoms with Crippen molar-refractivity contribution in [1.29, 1.82) is 0 Å². The van der Waals surface area contributed by atoms with Crippen LogP contribution in [0.5, 0.6) is 0 Å². The van der Waals surface area contributed by atoms with Gasteiger partial charge in [-0.3, -0.25) is 4.79 Å². The Morgan fingerprint density at radius 3 is 2.94 bits per heavy atom. The Bertz CT molecular complexity index is 557. The molecule has 0 spiro atoms. The first-order valence-electron chi connectivity index (χ1n) is 5.52. The molecule has 0 aromatic carbocycles. The van der Waals surface area contributed by atoms with Gasteiger partial charge in [-0.25, -0.2) is 13.4 Å². The van der Waals surface area contributed by atoms with Crippen molar-refractivity contribution in [2.45, 2.75) is 17.5 Å². The Kier molecular flexibility index (Phi) is 3.91. The summed E-state index contributed by atoms with van der Waals surface area (Å²) in [6.07, 6.45) is 3.96. The molecule has 2 heterocycles. The number of aromatic nitrogens is 1. The van der Waals surface area contributed by atoms with Gasteiger partial charge in [0.1, 0.15) is 5.03 Å². The number of hydrogen-bond acceptors (Lipinski definition) is 5. The van der Waals surface area contributed by atoms with Gasteiger partial charge < -0.3 is 5.32 Å². The Labute approximate surface area is 110 Å². The highest BCUT2D eigenvalue weighted by atomic mass is 32.2. The van der Waals surface area contributed by atoms with Crippen molar-refractivity contribution >= 4 is 27.5 Å². The van der Waals surface area contributed by atoms with Crippen LogP contribution in [0.25, 0.3) is 0 Å². The van der Waals surface area contributed by atoms with Crippen LogP contribution in [0, 0.1) is 0 Å². The van der Waals surface area contributed by atoms with E-state index in [1.165, 1.54) is 11.8 Å². The minimum atomic E-state index is -2.97. The molecule has 98 valence electrons. The van der Waals surface area contributed by atoms with Gasteiger partial charge in [-0.15, -0.1) is 11.8 Å². The maximum absolute atomic E-state index is 12.0. The first-order chi connectivity index (χ1) is 8.52. The molecule has 1 unspecified atom stereocenters. The van der Waals surface area contributed by atoms with E-state index in [1.807, 2.05) is 6.26 Å². The molecule has 0 aliphatic carbocycles. The predicted molar refractivity (Wildman–Crippen MR) is 70.5 cm³/mol. The topological polar surface area (TPSA) is 76.1 Å². The summed E-state index contributed by atoms with van der Waals surface area (Å²) < 4.78 is 22.6. The number of amides is 1. The fraction of sp³-hybridized carbons (Fsp3) is 0.455. The van der Waals surface area contributed by atoms with Crippen LogP contribution in [-0.2, 0) is 9.84 Å². The van der Waals surface area contributed by atoms with Crippen molar-refractivity contribution in [1.82, 2.24) is 10.3 Å². The van der Waals surface area contributed by atoms with E-state index < -0.39 is 9.84 Å². The van der Waals surface area contributed by atoms with Gasteiger partial charge in [-0.1, -0.05) is 0 Å². The number of rotatable bonds is 3. The highest BCUT2D eigenvalue weighted by Gasteiger charge is 2.29. The molecule has 0 bridgehead atoms. The summed E-state index contributed by atoms with van der Waals surface area (Å²) in [5, 5.41) is 3.40. The molecule has 2 rings (SSSR count). The normalized spacial score (nSPS) is 21.7. The molecule has 5 nitrogen and oxygen atoms in total. The maximum atomic E-state index is 12.0. The lowest BCUT2D eigenvalue weighted by molar-refractivity contribution is 0.0937. The van der Waals surface area contributed by atoms with Crippen LogP contribution in [0.3, 0.4) is 0 Å². The van der Waals surface area contributed by atoms with Gasteiger partial charge in [0.25, 0.3) is 5.91 Å². The van der Waals surface area contributed by atoms with Crippen molar-refractivity contribution in [3.05, 3.63) is 23.9 Å². The van der Waals surface area contributed by atoms with Gasteiger partial charge in [0.2, 0.25) is 0 Å². The van der Waals surface area contributed by atoms with E-state index in [2.05, 4.69) is 10.3 Å². The average molecular weight is 286 g/mol. The second-order valence-electron chi connectivity index (χ2n) is 4.13. The molecule has 1 aliphatic heterocycles. The first kappa shape index (κ1) is 13.4. The Morgan fingerprint density at radius 2 is 2.33 bits per heavy atom. The predicted octanol–water partition coefficient (Wildman–Crippen LogP) is 0.720. The molecular formula is C11H14N2O3S2. The molecular weight excluding hydrogens is 272 g/mol. The smallest absolute Gasteiger partial charge is 0.254 e. The quantitative estimate of drug-likeness (QED) is 0.829. The van der Waals surface area contributed by atoms with Gasteiger partial charge in [0.15, 0.2) is 9.84 Å². The van der Waals surface area contributed by atoms with Crippen LogP contribution in [0.1, 0.15) is 16.8 Å². The third-order valence-electron chi connectivity index (χ3n) is 2.78. The molecule has 1 aromatic rings. The van der Waals surface area contributed by atoms with Crippen molar-refractivity contribution < 1.29 is 13.2 Å². The summed E-state index contributed by atoms with van der Waals surface area (Å²) >= 11 is 1.39. The second kappa shape index (κ2) is 5.27. The number of thioether (sulfide) groups is 1. The van der Waals surface area contributed by atoms with Crippen molar-refractivity contribution in [2.24, 2.45) is 0 Å². The fourth-order valence-electron chi connectivity index (χ4n) is 1.90. The SMILES string of the molecule is CSc1ncccc1C(=O)NC1CCS(=O)(=O)C1. The van der Waals surface area contributed by atoms with Gasteiger partial charge in [-0.2, -0.15) is 0 Å². The molecule has 0 saturated carbocycles. The first-order valence-corrected chi connectivity index (χ1v) is 8.57. The van der Waals surface area contributed by atoms with Gasteiger partial charge in [-0.05, 0) is 24.8 Å². The zero-order valence-electron chi connectivity index (χ0n) is 9.92. The summed E-state index contributed by atoms with van der Waals surface area (Å²) in [7, 11) is -2.97. The standard InChI is InChI=1S/C11H14N2O3S2/c1-17-11-9(3-2-5-12-11)10(14)13-8-4-6-18(15,16)7-8/h2-3,5,8H,4,6-7H2,1H3,(H,13,14). The van der Waals surface area contributed by atoms with E-state index >= 15 is 0 Å². The lowest BCUT2D eigenvalue weighted by Gasteiger charge is -2.12. The van der Waals surface area contributed by atoms with Crippen LogP contribution in [0.2, 0.25) is 0 Å². The molecule has 7 heteroatoms. The summed E-state index contributed by atoms with van der Waals surface area (Å²) in [5.74, 6) is -0.0666. The number of nitrogens with zero attached hydrogens (tertiary/aromatic N) is 1. The second-order valence-corrected chi connectivity index (χ2v) is 7.16. The van der Waals surface area contributed by atoms with Crippen molar-refractivity contribution in [3.8, 4) is 0 Å². The number of carbonyl (C=O) groups excluding carboxylic acids is 1. The fourth-order valence-corrected chi connectivity index (χ4v) is 4.12. The minimum absolute atomic E-state index is 0.0353. The molecule has 1 aromatic heterocycles. The third kappa shape index (κ3) is 3.02. The molecule has 1 N–H and O–H groups in total. The molecule has 1 amide bonds. The summed E-state index contributed by atoms with van der Waals surface area (Å²) in [5.41, 5.74) is 0.495. The van der Waals surface area contributed by atoms with E-state index in [0.29, 0.717) is 17.0 Å². The average Bonchev–Trinajstić information content (AvgIpc) is 2.68. The summed E-state index contributed by atoms with van der Waals surface area (Å²) in [6.45, 7) is 0. The Morgan fingerprint density at radius 1 is 1.56 bits per heavy atom. The zero-order chi connectivity index (χ0) is 13.2.